The zero-order valence-electron chi connectivity index (χ0n) is 11.9. The van der Waals surface area contributed by atoms with Gasteiger partial charge in [0.25, 0.3) is 5.91 Å². The predicted octanol–water partition coefficient (Wildman–Crippen LogP) is 3.87. The van der Waals surface area contributed by atoms with E-state index in [1.807, 2.05) is 48.5 Å². The molecule has 22 heavy (non-hydrogen) atoms. The number of methoxy groups -OCH3 is 1. The fourth-order valence-corrected chi connectivity index (χ4v) is 2.41. The molecule has 0 spiro atoms. The number of ether oxygens (including phenoxy) is 2. The van der Waals surface area contributed by atoms with Crippen LogP contribution in [-0.4, -0.2) is 19.6 Å². The van der Waals surface area contributed by atoms with Crippen LogP contribution in [0.4, 0.5) is 5.69 Å². The zero-order chi connectivity index (χ0) is 15.5. The van der Waals surface area contributed by atoms with Crippen LogP contribution in [0.5, 0.6) is 11.5 Å². The van der Waals surface area contributed by atoms with E-state index < -0.39 is 0 Å². The lowest BCUT2D eigenvalue weighted by Crippen LogP contribution is -2.21. The number of rotatable bonds is 3. The number of amides is 1. The molecule has 1 aliphatic heterocycles. The molecule has 3 rings (SSSR count). The lowest BCUT2D eigenvalue weighted by Gasteiger charge is -2.18. The Morgan fingerprint density at radius 2 is 2.00 bits per heavy atom. The third-order valence-corrected chi connectivity index (χ3v) is 3.86. The molecule has 0 unspecified atom stereocenters. The highest BCUT2D eigenvalue weighted by Crippen LogP contribution is 2.30. The minimum atomic E-state index is -0.163. The van der Waals surface area contributed by atoms with Gasteiger partial charge in [-0.1, -0.05) is 15.9 Å². The normalized spacial score (nSPS) is 12.7. The number of nitrogens with one attached hydrogen (secondary N) is 1. The predicted molar refractivity (Wildman–Crippen MR) is 89.2 cm³/mol. The van der Waals surface area contributed by atoms with Gasteiger partial charge >= 0.3 is 0 Å². The molecule has 5 heteroatoms. The van der Waals surface area contributed by atoms with Gasteiger partial charge in [-0.05, 0) is 42.5 Å². The van der Waals surface area contributed by atoms with Crippen LogP contribution in [0.1, 0.15) is 5.56 Å². The van der Waals surface area contributed by atoms with Crippen molar-refractivity contribution in [1.29, 1.82) is 0 Å². The van der Waals surface area contributed by atoms with Gasteiger partial charge in [0.1, 0.15) is 18.1 Å². The van der Waals surface area contributed by atoms with Crippen molar-refractivity contribution < 1.29 is 14.3 Å². The molecule has 0 bridgehead atoms. The maximum atomic E-state index is 12.3. The van der Waals surface area contributed by atoms with E-state index in [0.29, 0.717) is 5.57 Å². The highest BCUT2D eigenvalue weighted by molar-refractivity contribution is 9.10. The number of fused-ring (bicyclic) bond motifs is 1. The number of carbonyl (C=O) groups is 1. The van der Waals surface area contributed by atoms with E-state index in [-0.39, 0.29) is 12.5 Å². The maximum absolute atomic E-state index is 12.3. The molecule has 1 aliphatic rings. The van der Waals surface area contributed by atoms with Crippen molar-refractivity contribution in [3.63, 3.8) is 0 Å². The first-order valence-electron chi connectivity index (χ1n) is 6.74. The Hall–Kier alpha value is -2.27. The topological polar surface area (TPSA) is 47.6 Å². The first-order valence-corrected chi connectivity index (χ1v) is 7.53. The van der Waals surface area contributed by atoms with Gasteiger partial charge in [0, 0.05) is 21.8 Å². The van der Waals surface area contributed by atoms with E-state index >= 15 is 0 Å². The monoisotopic (exact) mass is 359 g/mol. The summed E-state index contributed by atoms with van der Waals surface area (Å²) in [6.07, 6.45) is 1.84. The van der Waals surface area contributed by atoms with Crippen LogP contribution in [0.25, 0.3) is 6.08 Å². The summed E-state index contributed by atoms with van der Waals surface area (Å²) in [6.45, 7) is 0.239. The summed E-state index contributed by atoms with van der Waals surface area (Å²) >= 11 is 3.36. The molecule has 2 aromatic carbocycles. The van der Waals surface area contributed by atoms with E-state index in [2.05, 4.69) is 21.2 Å². The SMILES string of the molecule is COc1ccc2c(c1)OCC(C(=O)Nc1ccc(Br)cc1)=C2. The van der Waals surface area contributed by atoms with Gasteiger partial charge in [-0.2, -0.15) is 0 Å². The van der Waals surface area contributed by atoms with Crippen LogP contribution >= 0.6 is 15.9 Å². The highest BCUT2D eigenvalue weighted by Gasteiger charge is 2.17. The van der Waals surface area contributed by atoms with Crippen LogP contribution in [-0.2, 0) is 4.79 Å². The van der Waals surface area contributed by atoms with Gasteiger partial charge in [-0.3, -0.25) is 4.79 Å². The molecule has 0 saturated heterocycles. The highest BCUT2D eigenvalue weighted by atomic mass is 79.9. The van der Waals surface area contributed by atoms with Crippen LogP contribution in [0.15, 0.2) is 52.5 Å². The second kappa shape index (κ2) is 6.23. The zero-order valence-corrected chi connectivity index (χ0v) is 13.5. The second-order valence-electron chi connectivity index (χ2n) is 4.82. The minimum Gasteiger partial charge on any atom is -0.497 e. The van der Waals surface area contributed by atoms with Gasteiger partial charge in [0.2, 0.25) is 0 Å². The molecule has 0 saturated carbocycles. The first kappa shape index (κ1) is 14.7. The van der Waals surface area contributed by atoms with Crippen molar-refractivity contribution in [3.8, 4) is 11.5 Å². The van der Waals surface area contributed by atoms with Crippen molar-refractivity contribution in [2.45, 2.75) is 0 Å². The van der Waals surface area contributed by atoms with Crippen molar-refractivity contribution in [2.75, 3.05) is 19.0 Å². The number of halogens is 1. The van der Waals surface area contributed by atoms with Gasteiger partial charge in [0.05, 0.1) is 12.7 Å². The molecule has 0 aromatic heterocycles. The lowest BCUT2D eigenvalue weighted by atomic mass is 10.1. The molecule has 0 fully saturated rings. The van der Waals surface area contributed by atoms with E-state index in [1.54, 1.807) is 7.11 Å². The summed E-state index contributed by atoms with van der Waals surface area (Å²) in [4.78, 5) is 12.3. The Morgan fingerprint density at radius 3 is 2.73 bits per heavy atom. The Kier molecular flexibility index (Phi) is 4.15. The van der Waals surface area contributed by atoms with E-state index in [1.165, 1.54) is 0 Å². The van der Waals surface area contributed by atoms with Gasteiger partial charge in [0.15, 0.2) is 0 Å². The van der Waals surface area contributed by atoms with Crippen molar-refractivity contribution >= 4 is 33.6 Å². The molecule has 1 amide bonds. The van der Waals surface area contributed by atoms with Crippen LogP contribution in [0.3, 0.4) is 0 Å². The Bertz CT molecular complexity index is 738. The average Bonchev–Trinajstić information content (AvgIpc) is 2.56. The van der Waals surface area contributed by atoms with Crippen LogP contribution in [0.2, 0.25) is 0 Å². The first-order chi connectivity index (χ1) is 10.7. The Balaban J connectivity index is 1.78. The third kappa shape index (κ3) is 3.14. The number of anilines is 1. The molecule has 0 atom stereocenters. The summed E-state index contributed by atoms with van der Waals surface area (Å²) in [5, 5.41) is 2.86. The number of benzene rings is 2. The second-order valence-corrected chi connectivity index (χ2v) is 5.74. The summed E-state index contributed by atoms with van der Waals surface area (Å²) in [7, 11) is 1.61. The van der Waals surface area contributed by atoms with Crippen molar-refractivity contribution in [1.82, 2.24) is 0 Å². The van der Waals surface area contributed by atoms with Crippen LogP contribution in [0, 0.1) is 0 Å². The number of hydrogen-bond acceptors (Lipinski definition) is 3. The van der Waals surface area contributed by atoms with E-state index in [9.17, 15) is 4.79 Å². The molecular formula is C17H14BrNO3. The maximum Gasteiger partial charge on any atom is 0.255 e. The van der Waals surface area contributed by atoms with Gasteiger partial charge in [-0.25, -0.2) is 0 Å². The van der Waals surface area contributed by atoms with Gasteiger partial charge in [-0.15, -0.1) is 0 Å². The average molecular weight is 360 g/mol. The number of hydrogen-bond donors (Lipinski definition) is 1. The smallest absolute Gasteiger partial charge is 0.255 e. The quantitative estimate of drug-likeness (QED) is 0.904. The molecule has 1 heterocycles. The van der Waals surface area contributed by atoms with Crippen molar-refractivity contribution in [3.05, 3.63) is 58.1 Å². The molecule has 4 nitrogen and oxygen atoms in total. The molecule has 1 N–H and O–H groups in total. The summed E-state index contributed by atoms with van der Waals surface area (Å²) in [5.41, 5.74) is 2.20. The van der Waals surface area contributed by atoms with Crippen molar-refractivity contribution in [2.24, 2.45) is 0 Å². The minimum absolute atomic E-state index is 0.163. The van der Waals surface area contributed by atoms with Gasteiger partial charge < -0.3 is 14.8 Å². The molecule has 112 valence electrons. The molecule has 0 aliphatic carbocycles. The summed E-state index contributed by atoms with van der Waals surface area (Å²) in [6, 6.07) is 13.0. The fourth-order valence-electron chi connectivity index (χ4n) is 2.15. The largest absolute Gasteiger partial charge is 0.497 e. The summed E-state index contributed by atoms with van der Waals surface area (Å²) < 4.78 is 11.8. The molecule has 2 aromatic rings. The van der Waals surface area contributed by atoms with Crippen LogP contribution < -0.4 is 14.8 Å². The lowest BCUT2D eigenvalue weighted by molar-refractivity contribution is -0.113. The Labute approximate surface area is 136 Å². The third-order valence-electron chi connectivity index (χ3n) is 3.33. The summed E-state index contributed by atoms with van der Waals surface area (Å²) in [5.74, 6) is 1.29. The molecular weight excluding hydrogens is 346 g/mol. The molecule has 0 radical (unpaired) electrons. The number of carbonyl (C=O) groups excluding carboxylic acids is 1. The Morgan fingerprint density at radius 1 is 1.23 bits per heavy atom. The van der Waals surface area contributed by atoms with E-state index in [0.717, 1.165) is 27.2 Å². The van der Waals surface area contributed by atoms with E-state index in [4.69, 9.17) is 9.47 Å². The fraction of sp³-hybridized carbons (Fsp3) is 0.118. The standard InChI is InChI=1S/C17H14BrNO3/c1-21-15-7-2-11-8-12(10-22-16(11)9-15)17(20)19-14-5-3-13(18)4-6-14/h2-9H,10H2,1H3,(H,19,20).